The highest BCUT2D eigenvalue weighted by molar-refractivity contribution is 6.30. The molecule has 4 nitrogen and oxygen atoms in total. The molecule has 2 atom stereocenters. The number of methoxy groups -OCH3 is 1. The van der Waals surface area contributed by atoms with Gasteiger partial charge in [-0.05, 0) is 29.7 Å². The smallest absolute Gasteiger partial charge is 0.376 e. The van der Waals surface area contributed by atoms with Crippen LogP contribution in [0.3, 0.4) is 0 Å². The monoisotopic (exact) mass is 346 g/mol. The minimum Gasteiger partial charge on any atom is -0.464 e. The van der Waals surface area contributed by atoms with Gasteiger partial charge in [-0.15, -0.1) is 0 Å². The van der Waals surface area contributed by atoms with E-state index in [-0.39, 0.29) is 5.92 Å². The summed E-state index contributed by atoms with van der Waals surface area (Å²) >= 11 is 6.22. The van der Waals surface area contributed by atoms with E-state index in [1.165, 1.54) is 7.11 Å². The first-order valence-corrected chi connectivity index (χ1v) is 8.14. The fourth-order valence-electron chi connectivity index (χ4n) is 3.15. The van der Waals surface area contributed by atoms with Gasteiger partial charge in [0.15, 0.2) is 0 Å². The molecule has 5 heteroatoms. The van der Waals surface area contributed by atoms with Gasteiger partial charge in [0.2, 0.25) is 0 Å². The van der Waals surface area contributed by atoms with Crippen LogP contribution in [0.25, 0.3) is 0 Å². The SMILES string of the molecule is COC(=O)C1Oc2ccc(Cl)cc2C(c2ccccc2)(C(C)C)O1. The normalized spacial score (nSPS) is 22.6. The van der Waals surface area contributed by atoms with Crippen LogP contribution in [-0.2, 0) is 19.9 Å². The lowest BCUT2D eigenvalue weighted by atomic mass is 9.76. The Morgan fingerprint density at radius 1 is 1.21 bits per heavy atom. The van der Waals surface area contributed by atoms with Gasteiger partial charge in [-0.1, -0.05) is 55.8 Å². The number of carbonyl (C=O) groups excluding carboxylic acids is 1. The second-order valence-corrected chi connectivity index (χ2v) is 6.42. The molecule has 1 aliphatic rings. The Kier molecular flexibility index (Phi) is 4.52. The van der Waals surface area contributed by atoms with Gasteiger partial charge in [-0.3, -0.25) is 0 Å². The van der Waals surface area contributed by atoms with Crippen molar-refractivity contribution in [1.29, 1.82) is 0 Å². The second kappa shape index (κ2) is 6.46. The van der Waals surface area contributed by atoms with E-state index in [2.05, 4.69) is 0 Å². The van der Waals surface area contributed by atoms with Crippen LogP contribution in [0.5, 0.6) is 5.75 Å². The third-order valence-electron chi connectivity index (χ3n) is 4.28. The Labute approximate surface area is 146 Å². The molecule has 0 spiro atoms. The van der Waals surface area contributed by atoms with Gasteiger partial charge in [0.05, 0.1) is 7.11 Å². The molecular weight excluding hydrogens is 328 g/mol. The third-order valence-corrected chi connectivity index (χ3v) is 4.51. The number of hydrogen-bond acceptors (Lipinski definition) is 4. The summed E-state index contributed by atoms with van der Waals surface area (Å²) in [4.78, 5) is 12.1. The zero-order valence-corrected chi connectivity index (χ0v) is 14.5. The number of esters is 1. The Morgan fingerprint density at radius 3 is 2.54 bits per heavy atom. The zero-order chi connectivity index (χ0) is 17.3. The molecule has 1 heterocycles. The van der Waals surface area contributed by atoms with Gasteiger partial charge in [-0.2, -0.15) is 0 Å². The number of halogens is 1. The highest BCUT2D eigenvalue weighted by Crippen LogP contribution is 2.49. The van der Waals surface area contributed by atoms with Crippen LogP contribution in [0.4, 0.5) is 0 Å². The molecule has 0 radical (unpaired) electrons. The Morgan fingerprint density at radius 2 is 1.92 bits per heavy atom. The Hall–Kier alpha value is -2.04. The summed E-state index contributed by atoms with van der Waals surface area (Å²) in [5.74, 6) is 0.0170. The quantitative estimate of drug-likeness (QED) is 0.783. The van der Waals surface area contributed by atoms with Crippen LogP contribution in [0.1, 0.15) is 25.0 Å². The van der Waals surface area contributed by atoms with E-state index in [0.717, 1.165) is 11.1 Å². The summed E-state index contributed by atoms with van der Waals surface area (Å²) in [6.45, 7) is 4.08. The minimum atomic E-state index is -1.13. The molecule has 126 valence electrons. The molecule has 0 aliphatic carbocycles. The van der Waals surface area contributed by atoms with Gasteiger partial charge in [-0.25, -0.2) is 4.79 Å². The molecular formula is C19H19ClO4. The van der Waals surface area contributed by atoms with Gasteiger partial charge in [0, 0.05) is 10.6 Å². The number of rotatable bonds is 3. The van der Waals surface area contributed by atoms with Crippen molar-refractivity contribution in [3.63, 3.8) is 0 Å². The summed E-state index contributed by atoms with van der Waals surface area (Å²) in [6.07, 6.45) is -1.13. The molecule has 0 aromatic heterocycles. The molecule has 0 saturated carbocycles. The van der Waals surface area contributed by atoms with Crippen molar-refractivity contribution in [3.8, 4) is 5.75 Å². The van der Waals surface area contributed by atoms with Crippen LogP contribution >= 0.6 is 11.6 Å². The number of hydrogen-bond donors (Lipinski definition) is 0. The van der Waals surface area contributed by atoms with Crippen molar-refractivity contribution in [1.82, 2.24) is 0 Å². The summed E-state index contributed by atoms with van der Waals surface area (Å²) in [7, 11) is 1.31. The summed E-state index contributed by atoms with van der Waals surface area (Å²) < 4.78 is 16.7. The van der Waals surface area contributed by atoms with E-state index in [1.807, 2.05) is 50.2 Å². The molecule has 0 N–H and O–H groups in total. The molecule has 3 rings (SSSR count). The summed E-state index contributed by atoms with van der Waals surface area (Å²) in [5, 5.41) is 0.582. The number of carbonyl (C=O) groups is 1. The maximum absolute atomic E-state index is 12.1. The molecule has 0 fully saturated rings. The van der Waals surface area contributed by atoms with Crippen LogP contribution in [0, 0.1) is 5.92 Å². The number of ether oxygens (including phenoxy) is 3. The lowest BCUT2D eigenvalue weighted by molar-refractivity contribution is -0.215. The summed E-state index contributed by atoms with van der Waals surface area (Å²) in [5.41, 5.74) is 0.871. The van der Waals surface area contributed by atoms with E-state index < -0.39 is 17.9 Å². The van der Waals surface area contributed by atoms with Crippen molar-refractivity contribution >= 4 is 17.6 Å². The molecule has 2 aromatic rings. The third kappa shape index (κ3) is 2.66. The molecule has 0 saturated heterocycles. The lowest BCUT2D eigenvalue weighted by Crippen LogP contribution is -2.49. The number of fused-ring (bicyclic) bond motifs is 1. The van der Waals surface area contributed by atoms with Crippen molar-refractivity contribution in [2.75, 3.05) is 7.11 Å². The molecule has 1 aliphatic heterocycles. The van der Waals surface area contributed by atoms with Crippen LogP contribution in [-0.4, -0.2) is 19.4 Å². The highest BCUT2D eigenvalue weighted by Gasteiger charge is 2.49. The first kappa shape index (κ1) is 16.8. The van der Waals surface area contributed by atoms with Gasteiger partial charge >= 0.3 is 12.3 Å². The first-order valence-electron chi connectivity index (χ1n) is 7.77. The largest absolute Gasteiger partial charge is 0.464 e. The van der Waals surface area contributed by atoms with E-state index in [0.29, 0.717) is 10.8 Å². The molecule has 24 heavy (non-hydrogen) atoms. The zero-order valence-electron chi connectivity index (χ0n) is 13.8. The maximum atomic E-state index is 12.1. The second-order valence-electron chi connectivity index (χ2n) is 5.99. The van der Waals surface area contributed by atoms with Crippen LogP contribution < -0.4 is 4.74 Å². The minimum absolute atomic E-state index is 0.0215. The fraction of sp³-hybridized carbons (Fsp3) is 0.316. The van der Waals surface area contributed by atoms with Crippen molar-refractivity contribution in [2.24, 2.45) is 5.92 Å². The first-order chi connectivity index (χ1) is 11.5. The van der Waals surface area contributed by atoms with Gasteiger partial charge in [0.25, 0.3) is 0 Å². The maximum Gasteiger partial charge on any atom is 0.376 e. The fourth-order valence-corrected chi connectivity index (χ4v) is 3.32. The highest BCUT2D eigenvalue weighted by atomic mass is 35.5. The van der Waals surface area contributed by atoms with E-state index >= 15 is 0 Å². The molecule has 2 unspecified atom stereocenters. The molecule has 2 aromatic carbocycles. The Bertz CT molecular complexity index is 744. The van der Waals surface area contributed by atoms with E-state index in [1.54, 1.807) is 12.1 Å². The molecule has 0 amide bonds. The van der Waals surface area contributed by atoms with Gasteiger partial charge < -0.3 is 14.2 Å². The Balaban J connectivity index is 2.25. The van der Waals surface area contributed by atoms with Crippen LogP contribution in [0.2, 0.25) is 5.02 Å². The predicted molar refractivity (Wildman–Crippen MR) is 91.0 cm³/mol. The summed E-state index contributed by atoms with van der Waals surface area (Å²) in [6, 6.07) is 15.1. The average Bonchev–Trinajstić information content (AvgIpc) is 2.60. The topological polar surface area (TPSA) is 44.8 Å². The van der Waals surface area contributed by atoms with Crippen molar-refractivity contribution < 1.29 is 19.0 Å². The number of benzene rings is 2. The van der Waals surface area contributed by atoms with Gasteiger partial charge in [0.1, 0.15) is 11.4 Å². The average molecular weight is 347 g/mol. The van der Waals surface area contributed by atoms with Crippen molar-refractivity contribution in [2.45, 2.75) is 25.7 Å². The van der Waals surface area contributed by atoms with E-state index in [9.17, 15) is 4.79 Å². The van der Waals surface area contributed by atoms with E-state index in [4.69, 9.17) is 25.8 Å². The predicted octanol–water partition coefficient (Wildman–Crippen LogP) is 4.15. The molecule has 0 bridgehead atoms. The van der Waals surface area contributed by atoms with Crippen molar-refractivity contribution in [3.05, 3.63) is 64.7 Å². The lowest BCUT2D eigenvalue weighted by Gasteiger charge is -2.44. The standard InChI is InChI=1S/C19H19ClO4/c1-12(2)19(13-7-5-4-6-8-13)15-11-14(20)9-10-16(15)23-18(24-19)17(21)22-3/h4-12,18H,1-3H3. The van der Waals surface area contributed by atoms with Crippen LogP contribution in [0.15, 0.2) is 48.5 Å².